The molecular formula is C22H30N4O4. The summed E-state index contributed by atoms with van der Waals surface area (Å²) in [5.41, 5.74) is 0.591. The molecule has 3 N–H and O–H groups in total. The van der Waals surface area contributed by atoms with Gasteiger partial charge in [0.2, 0.25) is 0 Å². The number of urea groups is 1. The van der Waals surface area contributed by atoms with Crippen LogP contribution in [-0.4, -0.2) is 54.9 Å². The molecule has 2 rings (SSSR count). The normalized spacial score (nSPS) is 18.9. The lowest BCUT2D eigenvalue weighted by atomic mass is 9.88. The summed E-state index contributed by atoms with van der Waals surface area (Å²) in [6.07, 6.45) is 4.06. The number of rotatable bonds is 11. The van der Waals surface area contributed by atoms with E-state index in [9.17, 15) is 14.4 Å². The Balaban J connectivity index is 2.37. The number of nitrogens with one attached hydrogen (secondary N) is 3. The molecule has 1 aromatic rings. The molecule has 1 fully saturated rings. The van der Waals surface area contributed by atoms with Gasteiger partial charge in [-0.15, -0.1) is 0 Å². The predicted octanol–water partition coefficient (Wildman–Crippen LogP) is 1.98. The number of imide groups is 1. The van der Waals surface area contributed by atoms with Gasteiger partial charge < -0.3 is 15.4 Å². The van der Waals surface area contributed by atoms with Gasteiger partial charge >= 0.3 is 6.03 Å². The van der Waals surface area contributed by atoms with Crippen molar-refractivity contribution in [3.63, 3.8) is 0 Å². The number of methoxy groups -OCH3 is 1. The van der Waals surface area contributed by atoms with Crippen molar-refractivity contribution < 1.29 is 19.1 Å². The molecule has 0 unspecified atom stereocenters. The van der Waals surface area contributed by atoms with E-state index in [1.807, 2.05) is 31.7 Å². The van der Waals surface area contributed by atoms with Crippen LogP contribution in [0.3, 0.4) is 0 Å². The van der Waals surface area contributed by atoms with E-state index in [1.165, 1.54) is 0 Å². The summed E-state index contributed by atoms with van der Waals surface area (Å²) in [5, 5.41) is 8.28. The number of aldehydes is 1. The summed E-state index contributed by atoms with van der Waals surface area (Å²) in [7, 11) is 1.54. The Morgan fingerprint density at radius 2 is 2.10 bits per heavy atom. The third-order valence-corrected chi connectivity index (χ3v) is 5.01. The minimum Gasteiger partial charge on any atom is -0.497 e. The van der Waals surface area contributed by atoms with Crippen LogP contribution in [0.4, 0.5) is 4.79 Å². The maximum absolute atomic E-state index is 12.9. The van der Waals surface area contributed by atoms with E-state index < -0.39 is 17.5 Å². The number of carbonyl (C=O) groups is 3. The topological polar surface area (TPSA) is 99.8 Å². The van der Waals surface area contributed by atoms with Gasteiger partial charge in [0.25, 0.3) is 5.91 Å². The molecule has 162 valence electrons. The van der Waals surface area contributed by atoms with E-state index in [0.717, 1.165) is 11.8 Å². The van der Waals surface area contributed by atoms with Crippen LogP contribution in [0.2, 0.25) is 0 Å². The van der Waals surface area contributed by atoms with Crippen LogP contribution in [0.5, 0.6) is 5.75 Å². The predicted molar refractivity (Wildman–Crippen MR) is 115 cm³/mol. The fourth-order valence-electron chi connectivity index (χ4n) is 3.32. The van der Waals surface area contributed by atoms with E-state index >= 15 is 0 Å². The first-order valence-corrected chi connectivity index (χ1v) is 9.86. The van der Waals surface area contributed by atoms with Crippen LogP contribution in [0.1, 0.15) is 36.7 Å². The number of likely N-dealkylation sites (N-methyl/N-ethyl adjacent to an activating group) is 1. The maximum atomic E-state index is 12.9. The molecule has 1 heterocycles. The standard InChI is InChI=1S/C22H30N4O4/c1-6-18(11-23-15(3)4)22(20(28)24-21(29)25-22)14-26(7-2)12-16-8-9-19(30-5)10-17(16)13-27/h6,8-11,13,15,23H,1,7,12,14H2,2-5H3,(H2,24,25,28,29)/b18-11+/t22-/m0/s1. The summed E-state index contributed by atoms with van der Waals surface area (Å²) in [4.78, 5) is 38.4. The van der Waals surface area contributed by atoms with Gasteiger partial charge in [0.15, 0.2) is 11.8 Å². The van der Waals surface area contributed by atoms with Gasteiger partial charge in [0.05, 0.1) is 7.11 Å². The average Bonchev–Trinajstić information content (AvgIpc) is 3.01. The molecule has 1 aliphatic rings. The summed E-state index contributed by atoms with van der Waals surface area (Å²) in [6.45, 7) is 11.0. The maximum Gasteiger partial charge on any atom is 0.322 e. The van der Waals surface area contributed by atoms with Crippen LogP contribution >= 0.6 is 0 Å². The van der Waals surface area contributed by atoms with Crippen molar-refractivity contribution in [3.8, 4) is 5.75 Å². The second kappa shape index (κ2) is 10.1. The smallest absolute Gasteiger partial charge is 0.322 e. The van der Waals surface area contributed by atoms with Crippen molar-refractivity contribution in [2.75, 3.05) is 20.2 Å². The lowest BCUT2D eigenvalue weighted by Gasteiger charge is -2.34. The highest BCUT2D eigenvalue weighted by Crippen LogP contribution is 2.25. The Kier molecular flexibility index (Phi) is 7.77. The molecule has 1 aliphatic heterocycles. The molecule has 0 bridgehead atoms. The largest absolute Gasteiger partial charge is 0.497 e. The number of amides is 3. The van der Waals surface area contributed by atoms with Crippen LogP contribution < -0.4 is 20.7 Å². The number of carbonyl (C=O) groups excluding carboxylic acids is 3. The SMILES string of the molecule is C=C/C(=C\NC(C)C)[C@]1(CN(CC)Cc2ccc(OC)cc2C=O)NC(=O)NC1=O. The highest BCUT2D eigenvalue weighted by atomic mass is 16.5. The Labute approximate surface area is 177 Å². The lowest BCUT2D eigenvalue weighted by molar-refractivity contribution is -0.123. The summed E-state index contributed by atoms with van der Waals surface area (Å²) in [6, 6.07) is 4.89. The number of benzene rings is 1. The van der Waals surface area contributed by atoms with E-state index in [4.69, 9.17) is 4.74 Å². The van der Waals surface area contributed by atoms with Crippen LogP contribution in [-0.2, 0) is 11.3 Å². The van der Waals surface area contributed by atoms with E-state index in [2.05, 4.69) is 22.5 Å². The fourth-order valence-corrected chi connectivity index (χ4v) is 3.32. The molecule has 0 spiro atoms. The monoisotopic (exact) mass is 414 g/mol. The van der Waals surface area contributed by atoms with Crippen LogP contribution in [0, 0.1) is 0 Å². The zero-order valence-electron chi connectivity index (χ0n) is 18.0. The fraction of sp³-hybridized carbons (Fsp3) is 0.409. The van der Waals surface area contributed by atoms with Crippen LogP contribution in [0.15, 0.2) is 42.6 Å². The Morgan fingerprint density at radius 1 is 1.37 bits per heavy atom. The highest BCUT2D eigenvalue weighted by Gasteiger charge is 2.49. The lowest BCUT2D eigenvalue weighted by Crippen LogP contribution is -2.56. The van der Waals surface area contributed by atoms with E-state index in [1.54, 1.807) is 31.5 Å². The third-order valence-electron chi connectivity index (χ3n) is 5.01. The molecule has 8 nitrogen and oxygen atoms in total. The van der Waals surface area contributed by atoms with Crippen molar-refractivity contribution >= 4 is 18.2 Å². The number of hydrogen-bond acceptors (Lipinski definition) is 6. The second-order valence-corrected chi connectivity index (χ2v) is 7.42. The zero-order valence-corrected chi connectivity index (χ0v) is 18.0. The molecule has 1 atom stereocenters. The van der Waals surface area contributed by atoms with Crippen molar-refractivity contribution in [3.05, 3.63) is 53.8 Å². The first-order chi connectivity index (χ1) is 14.3. The molecule has 0 aliphatic carbocycles. The quantitative estimate of drug-likeness (QED) is 0.291. The van der Waals surface area contributed by atoms with Crippen molar-refractivity contribution in [2.24, 2.45) is 0 Å². The van der Waals surface area contributed by atoms with E-state index in [-0.39, 0.29) is 12.6 Å². The van der Waals surface area contributed by atoms with Gasteiger partial charge in [-0.25, -0.2) is 4.79 Å². The van der Waals surface area contributed by atoms with Crippen molar-refractivity contribution in [1.29, 1.82) is 0 Å². The van der Waals surface area contributed by atoms with Gasteiger partial charge in [-0.1, -0.05) is 25.6 Å². The molecule has 30 heavy (non-hydrogen) atoms. The molecule has 0 saturated carbocycles. The van der Waals surface area contributed by atoms with Gasteiger partial charge in [-0.2, -0.15) is 0 Å². The number of ether oxygens (including phenoxy) is 1. The summed E-state index contributed by atoms with van der Waals surface area (Å²) in [5.74, 6) is 0.160. The van der Waals surface area contributed by atoms with Gasteiger partial charge in [-0.05, 0) is 38.1 Å². The first kappa shape index (κ1) is 23.2. The van der Waals surface area contributed by atoms with Gasteiger partial charge in [0, 0.05) is 36.5 Å². The average molecular weight is 415 g/mol. The van der Waals surface area contributed by atoms with Crippen LogP contribution in [0.25, 0.3) is 0 Å². The van der Waals surface area contributed by atoms with Gasteiger partial charge in [-0.3, -0.25) is 19.8 Å². The molecule has 0 aromatic heterocycles. The number of nitrogens with zero attached hydrogens (tertiary/aromatic N) is 1. The Hall–Kier alpha value is -3.13. The van der Waals surface area contributed by atoms with Gasteiger partial charge in [0.1, 0.15) is 5.75 Å². The third kappa shape index (κ3) is 5.07. The van der Waals surface area contributed by atoms with Crippen molar-refractivity contribution in [2.45, 2.75) is 38.9 Å². The molecule has 0 radical (unpaired) electrons. The molecule has 1 saturated heterocycles. The summed E-state index contributed by atoms with van der Waals surface area (Å²) < 4.78 is 5.19. The second-order valence-electron chi connectivity index (χ2n) is 7.42. The summed E-state index contributed by atoms with van der Waals surface area (Å²) >= 11 is 0. The zero-order chi connectivity index (χ0) is 22.3. The minimum atomic E-state index is -1.29. The molecule has 1 aromatic carbocycles. The molecule has 3 amide bonds. The Morgan fingerprint density at radius 3 is 2.60 bits per heavy atom. The molecular weight excluding hydrogens is 384 g/mol. The van der Waals surface area contributed by atoms with E-state index in [0.29, 0.717) is 30.0 Å². The minimum absolute atomic E-state index is 0.147. The molecule has 8 heteroatoms. The highest BCUT2D eigenvalue weighted by molar-refractivity contribution is 6.09. The first-order valence-electron chi connectivity index (χ1n) is 9.86. The Bertz CT molecular complexity index is 850. The van der Waals surface area contributed by atoms with Crippen molar-refractivity contribution in [1.82, 2.24) is 20.9 Å². The number of hydrogen-bond donors (Lipinski definition) is 3.